The number of aromatic nitrogens is 2. The summed E-state index contributed by atoms with van der Waals surface area (Å²) in [7, 11) is 0. The van der Waals surface area contributed by atoms with Gasteiger partial charge in [0.25, 0.3) is 0 Å². The molecule has 4 atom stereocenters. The van der Waals surface area contributed by atoms with E-state index in [1.54, 1.807) is 11.8 Å². The minimum atomic E-state index is -1.18. The Hall–Kier alpha value is -3.42. The van der Waals surface area contributed by atoms with Crippen molar-refractivity contribution in [2.45, 2.75) is 62.7 Å². The Morgan fingerprint density at radius 1 is 0.949 bits per heavy atom. The number of amides is 3. The number of rotatable bonds is 18. The molecule has 12 nitrogen and oxygen atoms in total. The highest BCUT2D eigenvalue weighted by molar-refractivity contribution is 7.98. The maximum Gasteiger partial charge on any atom is 0.326 e. The zero-order chi connectivity index (χ0) is 28.6. The van der Waals surface area contributed by atoms with E-state index in [0.29, 0.717) is 37.3 Å². The molecule has 13 heteroatoms. The van der Waals surface area contributed by atoms with Gasteiger partial charge in [0, 0.05) is 24.7 Å². The number of unbranched alkanes of at least 4 members (excludes halogenated alkanes) is 1. The molecule has 2 rings (SSSR count). The number of carboxylic acid groups (broad SMARTS) is 1. The number of aliphatic carboxylic acids is 1. The van der Waals surface area contributed by atoms with Gasteiger partial charge in [-0.2, -0.15) is 11.8 Å². The number of aromatic amines is 1. The molecule has 0 aliphatic rings. The van der Waals surface area contributed by atoms with E-state index in [2.05, 4.69) is 25.9 Å². The number of imidazole rings is 1. The Kier molecular flexibility index (Phi) is 14.0. The van der Waals surface area contributed by atoms with Crippen LogP contribution in [0.3, 0.4) is 0 Å². The number of carboxylic acids is 1. The van der Waals surface area contributed by atoms with E-state index in [0.717, 1.165) is 5.56 Å². The first kappa shape index (κ1) is 31.8. The monoisotopic (exact) mass is 561 g/mol. The summed E-state index contributed by atoms with van der Waals surface area (Å²) in [5, 5.41) is 17.6. The molecule has 0 radical (unpaired) electrons. The van der Waals surface area contributed by atoms with Crippen LogP contribution in [-0.2, 0) is 32.0 Å². The highest BCUT2D eigenvalue weighted by Gasteiger charge is 2.31. The van der Waals surface area contributed by atoms with Gasteiger partial charge in [0.1, 0.15) is 18.1 Å². The molecule has 9 N–H and O–H groups in total. The number of carbonyl (C=O) groups excluding carboxylic acids is 3. The van der Waals surface area contributed by atoms with Crippen molar-refractivity contribution in [2.75, 3.05) is 18.6 Å². The second kappa shape index (κ2) is 17.2. The van der Waals surface area contributed by atoms with Gasteiger partial charge in [-0.05, 0) is 49.8 Å². The summed E-state index contributed by atoms with van der Waals surface area (Å²) in [4.78, 5) is 58.1. The number of nitrogens with one attached hydrogen (secondary N) is 4. The van der Waals surface area contributed by atoms with Crippen molar-refractivity contribution in [2.24, 2.45) is 11.5 Å². The van der Waals surface area contributed by atoms with Gasteiger partial charge in [-0.1, -0.05) is 30.3 Å². The fourth-order valence-corrected chi connectivity index (χ4v) is 4.32. The van der Waals surface area contributed by atoms with E-state index < -0.39 is 47.9 Å². The van der Waals surface area contributed by atoms with Gasteiger partial charge in [0.2, 0.25) is 17.7 Å². The lowest BCUT2D eigenvalue weighted by molar-refractivity contribution is -0.142. The molecule has 1 aromatic carbocycles. The molecule has 0 aliphatic carbocycles. The van der Waals surface area contributed by atoms with Crippen molar-refractivity contribution >= 4 is 35.5 Å². The molecule has 0 bridgehead atoms. The molecule has 0 aliphatic heterocycles. The zero-order valence-corrected chi connectivity index (χ0v) is 22.9. The summed E-state index contributed by atoms with van der Waals surface area (Å²) in [5.74, 6) is -2.23. The van der Waals surface area contributed by atoms with Crippen LogP contribution < -0.4 is 27.4 Å². The van der Waals surface area contributed by atoms with Crippen LogP contribution in [0, 0.1) is 0 Å². The third kappa shape index (κ3) is 11.5. The van der Waals surface area contributed by atoms with Crippen LogP contribution >= 0.6 is 11.8 Å². The Morgan fingerprint density at radius 2 is 1.59 bits per heavy atom. The van der Waals surface area contributed by atoms with Crippen LogP contribution in [0.5, 0.6) is 0 Å². The van der Waals surface area contributed by atoms with E-state index in [4.69, 9.17) is 11.5 Å². The van der Waals surface area contributed by atoms with E-state index in [1.165, 1.54) is 12.5 Å². The Morgan fingerprint density at radius 3 is 2.18 bits per heavy atom. The topological polar surface area (TPSA) is 205 Å². The molecule has 0 spiro atoms. The van der Waals surface area contributed by atoms with Crippen molar-refractivity contribution in [3.8, 4) is 0 Å². The van der Waals surface area contributed by atoms with Crippen molar-refractivity contribution in [3.63, 3.8) is 0 Å². The maximum absolute atomic E-state index is 13.5. The van der Waals surface area contributed by atoms with Crippen LogP contribution in [0.2, 0.25) is 0 Å². The minimum absolute atomic E-state index is 0.0337. The minimum Gasteiger partial charge on any atom is -0.480 e. The zero-order valence-electron chi connectivity index (χ0n) is 22.1. The first-order chi connectivity index (χ1) is 18.7. The number of nitrogens with zero attached hydrogens (tertiary/aromatic N) is 1. The second-order valence-corrected chi connectivity index (χ2v) is 10.2. The highest BCUT2D eigenvalue weighted by atomic mass is 32.2. The number of hydrogen-bond donors (Lipinski definition) is 7. The fourth-order valence-electron chi connectivity index (χ4n) is 3.83. The van der Waals surface area contributed by atoms with Gasteiger partial charge in [0.15, 0.2) is 0 Å². The molecule has 0 saturated carbocycles. The fraction of sp³-hybridized carbons (Fsp3) is 0.500. The van der Waals surface area contributed by atoms with E-state index in [9.17, 15) is 24.3 Å². The molecule has 39 heavy (non-hydrogen) atoms. The summed E-state index contributed by atoms with van der Waals surface area (Å²) >= 11 is 1.56. The summed E-state index contributed by atoms with van der Waals surface area (Å²) < 4.78 is 0. The number of nitrogens with two attached hydrogens (primary N) is 2. The molecule has 1 aromatic heterocycles. The maximum atomic E-state index is 13.5. The van der Waals surface area contributed by atoms with E-state index >= 15 is 0 Å². The molecule has 214 valence electrons. The van der Waals surface area contributed by atoms with Crippen LogP contribution in [0.1, 0.15) is 36.9 Å². The third-order valence-corrected chi connectivity index (χ3v) is 6.70. The molecule has 2 aromatic rings. The lowest BCUT2D eigenvalue weighted by Gasteiger charge is -2.25. The Balaban J connectivity index is 2.22. The SMILES string of the molecule is CSCCC(N)C(=O)NC(Cc1ccccc1)C(=O)NC(Cc1cnc[nH]1)C(=O)NC(CCCCN)C(=O)O. The van der Waals surface area contributed by atoms with Crippen molar-refractivity contribution in [1.82, 2.24) is 25.9 Å². The standard InChI is InChI=1S/C26H39N7O5S/c1-39-12-10-19(28)23(34)32-21(13-17-7-3-2-4-8-17)24(35)33-22(14-18-15-29-16-30-18)25(36)31-20(26(37)38)9-5-6-11-27/h2-4,7-8,15-16,19-22H,5-6,9-14,27-28H2,1H3,(H,29,30)(H,31,36)(H,32,34)(H,33,35)(H,37,38). The largest absolute Gasteiger partial charge is 0.480 e. The molecule has 1 heterocycles. The first-order valence-electron chi connectivity index (χ1n) is 12.8. The second-order valence-electron chi connectivity index (χ2n) is 9.16. The number of hydrogen-bond acceptors (Lipinski definition) is 8. The van der Waals surface area contributed by atoms with Gasteiger partial charge in [-0.15, -0.1) is 0 Å². The summed E-state index contributed by atoms with van der Waals surface area (Å²) in [6.07, 6.45) is 6.84. The summed E-state index contributed by atoms with van der Waals surface area (Å²) in [6, 6.07) is 5.06. The average molecular weight is 562 g/mol. The van der Waals surface area contributed by atoms with Crippen LogP contribution in [0.4, 0.5) is 0 Å². The smallest absolute Gasteiger partial charge is 0.326 e. The lowest BCUT2D eigenvalue weighted by atomic mass is 10.0. The number of carbonyl (C=O) groups is 4. The Bertz CT molecular complexity index is 1040. The molecule has 4 unspecified atom stereocenters. The molecular formula is C26H39N7O5S. The van der Waals surface area contributed by atoms with Gasteiger partial charge < -0.3 is 37.5 Å². The van der Waals surface area contributed by atoms with Gasteiger partial charge in [0.05, 0.1) is 12.4 Å². The summed E-state index contributed by atoms with van der Waals surface area (Å²) in [5.41, 5.74) is 12.9. The summed E-state index contributed by atoms with van der Waals surface area (Å²) in [6.45, 7) is 0.411. The van der Waals surface area contributed by atoms with Crippen molar-refractivity contribution in [3.05, 3.63) is 54.1 Å². The Labute approximate surface area is 232 Å². The van der Waals surface area contributed by atoms with Crippen molar-refractivity contribution < 1.29 is 24.3 Å². The quantitative estimate of drug-likeness (QED) is 0.122. The predicted octanol–water partition coefficient (Wildman–Crippen LogP) is -0.0567. The van der Waals surface area contributed by atoms with Gasteiger partial charge in [-0.25, -0.2) is 9.78 Å². The van der Waals surface area contributed by atoms with Crippen LogP contribution in [0.15, 0.2) is 42.9 Å². The van der Waals surface area contributed by atoms with E-state index in [-0.39, 0.29) is 19.3 Å². The van der Waals surface area contributed by atoms with Gasteiger partial charge >= 0.3 is 5.97 Å². The predicted molar refractivity (Wildman–Crippen MR) is 150 cm³/mol. The van der Waals surface area contributed by atoms with Crippen LogP contribution in [-0.4, -0.2) is 81.5 Å². The number of H-pyrrole nitrogens is 1. The molecule has 3 amide bonds. The molecule has 0 fully saturated rings. The average Bonchev–Trinajstić information content (AvgIpc) is 3.44. The lowest BCUT2D eigenvalue weighted by Crippen LogP contribution is -2.58. The molecular weight excluding hydrogens is 522 g/mol. The molecule has 0 saturated heterocycles. The van der Waals surface area contributed by atoms with Crippen molar-refractivity contribution in [1.29, 1.82) is 0 Å². The first-order valence-corrected chi connectivity index (χ1v) is 14.2. The van der Waals surface area contributed by atoms with E-state index in [1.807, 2.05) is 36.6 Å². The normalized spacial score (nSPS) is 14.0. The highest BCUT2D eigenvalue weighted by Crippen LogP contribution is 2.08. The third-order valence-electron chi connectivity index (χ3n) is 6.06. The van der Waals surface area contributed by atoms with Gasteiger partial charge in [-0.3, -0.25) is 14.4 Å². The van der Waals surface area contributed by atoms with Crippen LogP contribution in [0.25, 0.3) is 0 Å². The number of thioether (sulfide) groups is 1. The number of benzene rings is 1.